The predicted octanol–water partition coefficient (Wildman–Crippen LogP) is 2.74. The largest absolute Gasteiger partial charge is 0.508 e. The molecule has 148 valence electrons. The molecule has 0 fully saturated rings. The summed E-state index contributed by atoms with van der Waals surface area (Å²) in [5.41, 5.74) is 0.954. The minimum absolute atomic E-state index is 0.0900. The number of hydrogen-bond acceptors (Lipinski definition) is 5. The third kappa shape index (κ3) is 4.54. The minimum Gasteiger partial charge on any atom is -0.508 e. The first-order chi connectivity index (χ1) is 13.3. The molecule has 2 N–H and O–H groups in total. The van der Waals surface area contributed by atoms with E-state index in [0.717, 1.165) is 5.56 Å². The number of hydrogen-bond donors (Lipinski definition) is 2. The van der Waals surface area contributed by atoms with Gasteiger partial charge in [0.25, 0.3) is 0 Å². The molecule has 0 bridgehead atoms. The summed E-state index contributed by atoms with van der Waals surface area (Å²) in [4.78, 5) is 26.4. The summed E-state index contributed by atoms with van der Waals surface area (Å²) in [6.07, 6.45) is 0.657. The molecule has 0 aliphatic carbocycles. The zero-order valence-corrected chi connectivity index (χ0v) is 16.1. The van der Waals surface area contributed by atoms with Crippen molar-refractivity contribution >= 4 is 12.3 Å². The van der Waals surface area contributed by atoms with E-state index < -0.39 is 11.6 Å². The molecule has 0 saturated heterocycles. The van der Waals surface area contributed by atoms with Gasteiger partial charge in [-0.15, -0.1) is 0 Å². The number of benzene rings is 2. The number of amides is 2. The minimum atomic E-state index is -0.845. The van der Waals surface area contributed by atoms with Gasteiger partial charge in [-0.2, -0.15) is 0 Å². The SMILES string of the molecule is CC(C)(C)NC(=O)C(c1ccc(O)cc1)N(C=O)Cc1ccc2c(c1)OCO2. The van der Waals surface area contributed by atoms with Gasteiger partial charge in [-0.1, -0.05) is 18.2 Å². The lowest BCUT2D eigenvalue weighted by molar-refractivity contribution is -0.134. The molecule has 1 aliphatic heterocycles. The van der Waals surface area contributed by atoms with Crippen LogP contribution < -0.4 is 14.8 Å². The van der Waals surface area contributed by atoms with E-state index in [2.05, 4.69) is 5.32 Å². The Morgan fingerprint density at radius 3 is 2.50 bits per heavy atom. The molecule has 28 heavy (non-hydrogen) atoms. The van der Waals surface area contributed by atoms with E-state index in [9.17, 15) is 14.7 Å². The number of nitrogens with one attached hydrogen (secondary N) is 1. The summed E-state index contributed by atoms with van der Waals surface area (Å²) >= 11 is 0. The molecule has 1 aliphatic rings. The third-order valence-corrected chi connectivity index (χ3v) is 4.22. The average Bonchev–Trinajstić information content (AvgIpc) is 3.09. The van der Waals surface area contributed by atoms with Gasteiger partial charge in [0, 0.05) is 12.1 Å². The van der Waals surface area contributed by atoms with Crippen LogP contribution in [0.4, 0.5) is 0 Å². The molecule has 1 heterocycles. The first-order valence-corrected chi connectivity index (χ1v) is 8.97. The number of carbonyl (C=O) groups excluding carboxylic acids is 2. The fourth-order valence-electron chi connectivity index (χ4n) is 3.03. The lowest BCUT2D eigenvalue weighted by Crippen LogP contribution is -2.47. The first-order valence-electron chi connectivity index (χ1n) is 8.97. The first kappa shape index (κ1) is 19.5. The number of aromatic hydroxyl groups is 1. The van der Waals surface area contributed by atoms with E-state index in [-0.39, 0.29) is 25.0 Å². The molecule has 2 amide bonds. The van der Waals surface area contributed by atoms with Crippen molar-refractivity contribution in [2.75, 3.05) is 6.79 Å². The number of ether oxygens (including phenoxy) is 2. The molecule has 0 saturated carbocycles. The van der Waals surface area contributed by atoms with Crippen LogP contribution in [0.3, 0.4) is 0 Å². The van der Waals surface area contributed by atoms with E-state index >= 15 is 0 Å². The second-order valence-electron chi connectivity index (χ2n) is 7.70. The van der Waals surface area contributed by atoms with Crippen molar-refractivity contribution in [1.82, 2.24) is 10.2 Å². The number of phenols is 1. The Morgan fingerprint density at radius 1 is 1.18 bits per heavy atom. The molecule has 3 rings (SSSR count). The smallest absolute Gasteiger partial charge is 0.247 e. The zero-order chi connectivity index (χ0) is 20.3. The molecule has 2 aromatic carbocycles. The van der Waals surface area contributed by atoms with Crippen LogP contribution in [-0.2, 0) is 16.1 Å². The molecule has 2 aromatic rings. The number of phenolic OH excluding ortho intramolecular Hbond substituents is 1. The summed E-state index contributed by atoms with van der Waals surface area (Å²) in [5.74, 6) is 1.06. The monoisotopic (exact) mass is 384 g/mol. The fraction of sp³-hybridized carbons (Fsp3) is 0.333. The quantitative estimate of drug-likeness (QED) is 0.748. The van der Waals surface area contributed by atoms with Crippen molar-refractivity contribution in [3.63, 3.8) is 0 Å². The Kier molecular flexibility index (Phi) is 5.44. The van der Waals surface area contributed by atoms with Crippen LogP contribution in [-0.4, -0.2) is 34.7 Å². The van der Waals surface area contributed by atoms with Crippen LogP contribution in [0.1, 0.15) is 37.9 Å². The van der Waals surface area contributed by atoms with Crippen LogP contribution in [0.25, 0.3) is 0 Å². The van der Waals surface area contributed by atoms with Gasteiger partial charge in [0.2, 0.25) is 19.1 Å². The number of carbonyl (C=O) groups is 2. The van der Waals surface area contributed by atoms with Crippen molar-refractivity contribution in [3.05, 3.63) is 53.6 Å². The molecule has 7 nitrogen and oxygen atoms in total. The van der Waals surface area contributed by atoms with Gasteiger partial charge in [-0.05, 0) is 56.2 Å². The molecule has 1 atom stereocenters. The molecule has 0 spiro atoms. The lowest BCUT2D eigenvalue weighted by atomic mass is 10.0. The maximum atomic E-state index is 13.0. The van der Waals surface area contributed by atoms with E-state index in [1.807, 2.05) is 26.8 Å². The second kappa shape index (κ2) is 7.80. The summed E-state index contributed by atoms with van der Waals surface area (Å²) in [7, 11) is 0. The van der Waals surface area contributed by atoms with Crippen LogP contribution in [0, 0.1) is 0 Å². The van der Waals surface area contributed by atoms with Crippen LogP contribution >= 0.6 is 0 Å². The highest BCUT2D eigenvalue weighted by Crippen LogP contribution is 2.33. The molecule has 0 aromatic heterocycles. The molecular formula is C21H24N2O5. The molecular weight excluding hydrogens is 360 g/mol. The highest BCUT2D eigenvalue weighted by Gasteiger charge is 2.30. The van der Waals surface area contributed by atoms with E-state index in [0.29, 0.717) is 23.5 Å². The molecule has 1 unspecified atom stereocenters. The van der Waals surface area contributed by atoms with Gasteiger partial charge in [-0.25, -0.2) is 0 Å². The van der Waals surface area contributed by atoms with Gasteiger partial charge < -0.3 is 24.8 Å². The highest BCUT2D eigenvalue weighted by atomic mass is 16.7. The third-order valence-electron chi connectivity index (χ3n) is 4.22. The van der Waals surface area contributed by atoms with Crippen molar-refractivity contribution < 1.29 is 24.2 Å². The summed E-state index contributed by atoms with van der Waals surface area (Å²) in [6, 6.07) is 10.8. The molecule has 0 radical (unpaired) electrons. The standard InChI is InChI=1S/C21H24N2O5/c1-21(2,3)22-20(26)19(15-5-7-16(25)8-6-15)23(12-24)11-14-4-9-17-18(10-14)28-13-27-17/h4-10,12,19,25H,11,13H2,1-3H3,(H,22,26). The highest BCUT2D eigenvalue weighted by molar-refractivity contribution is 5.85. The maximum absolute atomic E-state index is 13.0. The van der Waals surface area contributed by atoms with Gasteiger partial charge in [0.05, 0.1) is 0 Å². The van der Waals surface area contributed by atoms with Gasteiger partial charge in [0.1, 0.15) is 11.8 Å². The lowest BCUT2D eigenvalue weighted by Gasteiger charge is -2.31. The van der Waals surface area contributed by atoms with Crippen LogP contribution in [0.5, 0.6) is 17.2 Å². The van der Waals surface area contributed by atoms with E-state index in [4.69, 9.17) is 9.47 Å². The number of nitrogens with zero attached hydrogens (tertiary/aromatic N) is 1. The fourth-order valence-corrected chi connectivity index (χ4v) is 3.03. The number of rotatable bonds is 6. The maximum Gasteiger partial charge on any atom is 0.247 e. The van der Waals surface area contributed by atoms with Crippen LogP contribution in [0.15, 0.2) is 42.5 Å². The number of fused-ring (bicyclic) bond motifs is 1. The van der Waals surface area contributed by atoms with Crippen molar-refractivity contribution in [3.8, 4) is 17.2 Å². The average molecular weight is 384 g/mol. The van der Waals surface area contributed by atoms with E-state index in [1.165, 1.54) is 17.0 Å². The van der Waals surface area contributed by atoms with Gasteiger partial charge >= 0.3 is 0 Å². The Bertz CT molecular complexity index is 858. The second-order valence-corrected chi connectivity index (χ2v) is 7.70. The van der Waals surface area contributed by atoms with Gasteiger partial charge in [-0.3, -0.25) is 9.59 Å². The van der Waals surface area contributed by atoms with E-state index in [1.54, 1.807) is 24.3 Å². The Morgan fingerprint density at radius 2 is 1.86 bits per heavy atom. The van der Waals surface area contributed by atoms with Crippen LogP contribution in [0.2, 0.25) is 0 Å². The summed E-state index contributed by atoms with van der Waals surface area (Å²) in [6.45, 7) is 6.01. The normalized spacial score (nSPS) is 13.7. The van der Waals surface area contributed by atoms with Gasteiger partial charge in [0.15, 0.2) is 11.5 Å². The Labute approximate surface area is 163 Å². The summed E-state index contributed by atoms with van der Waals surface area (Å²) in [5, 5.41) is 12.5. The summed E-state index contributed by atoms with van der Waals surface area (Å²) < 4.78 is 10.7. The molecule has 7 heteroatoms. The van der Waals surface area contributed by atoms with Crippen molar-refractivity contribution in [2.45, 2.75) is 38.9 Å². The van der Waals surface area contributed by atoms with Crippen molar-refractivity contribution in [1.29, 1.82) is 0 Å². The Hall–Kier alpha value is -3.22. The predicted molar refractivity (Wildman–Crippen MR) is 103 cm³/mol. The topological polar surface area (TPSA) is 88.1 Å². The zero-order valence-electron chi connectivity index (χ0n) is 16.1. The van der Waals surface area contributed by atoms with Crippen molar-refractivity contribution in [2.24, 2.45) is 0 Å². The Balaban J connectivity index is 1.90.